The maximum Gasteiger partial charge on any atom is 0.256 e. The van der Waals surface area contributed by atoms with Crippen LogP contribution in [-0.4, -0.2) is 23.2 Å². The number of rotatable bonds is 5. The van der Waals surface area contributed by atoms with Crippen LogP contribution >= 0.6 is 23.2 Å². The molecule has 1 amide bonds. The predicted molar refractivity (Wildman–Crippen MR) is 103 cm³/mol. The van der Waals surface area contributed by atoms with E-state index in [0.717, 1.165) is 0 Å². The number of amides is 1. The van der Waals surface area contributed by atoms with E-state index in [-0.39, 0.29) is 5.91 Å². The Morgan fingerprint density at radius 3 is 2.31 bits per heavy atom. The number of halogens is 2. The van der Waals surface area contributed by atoms with E-state index in [4.69, 9.17) is 27.9 Å². The van der Waals surface area contributed by atoms with E-state index in [9.17, 15) is 4.79 Å². The molecule has 0 bridgehead atoms. The second kappa shape index (κ2) is 8.03. The zero-order valence-corrected chi connectivity index (χ0v) is 15.2. The zero-order chi connectivity index (χ0) is 18.5. The number of carbonyl (C=O) groups excluding carboxylic acids is 1. The van der Waals surface area contributed by atoms with Crippen molar-refractivity contribution in [2.75, 3.05) is 17.7 Å². The molecule has 1 heterocycles. The van der Waals surface area contributed by atoms with Crippen LogP contribution in [0.4, 0.5) is 17.3 Å². The van der Waals surface area contributed by atoms with Crippen molar-refractivity contribution in [2.45, 2.75) is 0 Å². The lowest BCUT2D eigenvalue weighted by Crippen LogP contribution is -2.13. The Labute approximate surface area is 160 Å². The fourth-order valence-corrected chi connectivity index (χ4v) is 2.46. The number of aromatic nitrogens is 2. The van der Waals surface area contributed by atoms with Gasteiger partial charge in [-0.2, -0.15) is 0 Å². The average Bonchev–Trinajstić information content (AvgIpc) is 2.66. The molecule has 0 radical (unpaired) electrons. The summed E-state index contributed by atoms with van der Waals surface area (Å²) < 4.78 is 5.07. The van der Waals surface area contributed by atoms with Crippen LogP contribution < -0.4 is 15.4 Å². The minimum absolute atomic E-state index is 0.291. The first-order valence-corrected chi connectivity index (χ1v) is 8.32. The largest absolute Gasteiger partial charge is 0.497 e. The molecule has 0 aliphatic carbocycles. The molecule has 0 unspecified atom stereocenters. The summed E-state index contributed by atoms with van der Waals surface area (Å²) in [6.07, 6.45) is 0. The maximum atomic E-state index is 12.2. The summed E-state index contributed by atoms with van der Waals surface area (Å²) in [7, 11) is 1.57. The molecule has 132 valence electrons. The summed E-state index contributed by atoms with van der Waals surface area (Å²) >= 11 is 12.1. The molecule has 2 aromatic carbocycles. The number of hydrogen-bond acceptors (Lipinski definition) is 5. The van der Waals surface area contributed by atoms with Crippen molar-refractivity contribution in [1.82, 2.24) is 10.2 Å². The molecule has 6 nitrogen and oxygen atoms in total. The normalized spacial score (nSPS) is 10.3. The Morgan fingerprint density at radius 2 is 1.65 bits per heavy atom. The zero-order valence-electron chi connectivity index (χ0n) is 13.7. The van der Waals surface area contributed by atoms with Crippen LogP contribution in [0.2, 0.25) is 10.0 Å². The minimum atomic E-state index is -0.291. The lowest BCUT2D eigenvalue weighted by atomic mass is 10.2. The van der Waals surface area contributed by atoms with Crippen molar-refractivity contribution in [3.63, 3.8) is 0 Å². The standard InChI is InChI=1S/C18H14Cl2N4O2/c1-26-13-5-2-11(3-6-13)18(25)22-17-9-8-16(23-24-17)21-15-10-12(19)4-7-14(15)20/h2-10H,1H3,(H,21,23)(H,22,24,25). The molecule has 0 saturated heterocycles. The lowest BCUT2D eigenvalue weighted by molar-refractivity contribution is 0.102. The molecule has 0 atom stereocenters. The molecule has 26 heavy (non-hydrogen) atoms. The van der Waals surface area contributed by atoms with Crippen molar-refractivity contribution in [2.24, 2.45) is 0 Å². The third-order valence-electron chi connectivity index (χ3n) is 3.45. The monoisotopic (exact) mass is 388 g/mol. The average molecular weight is 389 g/mol. The van der Waals surface area contributed by atoms with Gasteiger partial charge in [-0.05, 0) is 54.6 Å². The van der Waals surface area contributed by atoms with Crippen LogP contribution in [0.5, 0.6) is 5.75 Å². The molecular formula is C18H14Cl2N4O2. The van der Waals surface area contributed by atoms with Crippen LogP contribution in [-0.2, 0) is 0 Å². The molecule has 3 rings (SSSR count). The van der Waals surface area contributed by atoms with E-state index in [2.05, 4.69) is 20.8 Å². The van der Waals surface area contributed by atoms with Gasteiger partial charge in [-0.25, -0.2) is 0 Å². The smallest absolute Gasteiger partial charge is 0.256 e. The maximum absolute atomic E-state index is 12.2. The van der Waals surface area contributed by atoms with Gasteiger partial charge in [0.1, 0.15) is 5.75 Å². The molecular weight excluding hydrogens is 375 g/mol. The summed E-state index contributed by atoms with van der Waals surface area (Å²) in [5.41, 5.74) is 1.10. The second-order valence-corrected chi connectivity index (χ2v) is 6.08. The Kier molecular flexibility index (Phi) is 5.55. The van der Waals surface area contributed by atoms with Crippen molar-refractivity contribution in [3.8, 4) is 5.75 Å². The predicted octanol–water partition coefficient (Wildman–Crippen LogP) is 4.79. The number of nitrogens with zero attached hydrogens (tertiary/aromatic N) is 2. The minimum Gasteiger partial charge on any atom is -0.497 e. The number of benzene rings is 2. The van der Waals surface area contributed by atoms with E-state index in [1.165, 1.54) is 0 Å². The highest BCUT2D eigenvalue weighted by molar-refractivity contribution is 6.35. The highest BCUT2D eigenvalue weighted by atomic mass is 35.5. The molecule has 8 heteroatoms. The van der Waals surface area contributed by atoms with E-state index in [0.29, 0.717) is 38.7 Å². The highest BCUT2D eigenvalue weighted by Crippen LogP contribution is 2.27. The number of hydrogen-bond donors (Lipinski definition) is 2. The number of methoxy groups -OCH3 is 1. The Morgan fingerprint density at radius 1 is 0.962 bits per heavy atom. The summed E-state index contributed by atoms with van der Waals surface area (Å²) in [6, 6.07) is 15.1. The van der Waals surface area contributed by atoms with E-state index < -0.39 is 0 Å². The van der Waals surface area contributed by atoms with Gasteiger partial charge < -0.3 is 15.4 Å². The number of ether oxygens (including phenoxy) is 1. The van der Waals surface area contributed by atoms with Gasteiger partial charge in [0.2, 0.25) is 0 Å². The molecule has 0 saturated carbocycles. The summed E-state index contributed by atoms with van der Waals surface area (Å²) in [4.78, 5) is 12.2. The van der Waals surface area contributed by atoms with Gasteiger partial charge in [0.15, 0.2) is 11.6 Å². The lowest BCUT2D eigenvalue weighted by Gasteiger charge is -2.09. The summed E-state index contributed by atoms with van der Waals surface area (Å²) in [5.74, 6) is 1.18. The van der Waals surface area contributed by atoms with Crippen molar-refractivity contribution in [1.29, 1.82) is 0 Å². The number of nitrogens with one attached hydrogen (secondary N) is 2. The van der Waals surface area contributed by atoms with Gasteiger partial charge in [0.25, 0.3) is 5.91 Å². The van der Waals surface area contributed by atoms with Crippen LogP contribution in [0.15, 0.2) is 54.6 Å². The molecule has 0 spiro atoms. The second-order valence-electron chi connectivity index (χ2n) is 5.24. The van der Waals surface area contributed by atoms with Gasteiger partial charge >= 0.3 is 0 Å². The van der Waals surface area contributed by atoms with Crippen LogP contribution in [0, 0.1) is 0 Å². The SMILES string of the molecule is COc1ccc(C(=O)Nc2ccc(Nc3cc(Cl)ccc3Cl)nn2)cc1. The Bertz CT molecular complexity index is 915. The fourth-order valence-electron chi connectivity index (χ4n) is 2.13. The van der Waals surface area contributed by atoms with Crippen LogP contribution in [0.3, 0.4) is 0 Å². The molecule has 0 fully saturated rings. The van der Waals surface area contributed by atoms with Gasteiger partial charge in [-0.3, -0.25) is 4.79 Å². The fraction of sp³-hybridized carbons (Fsp3) is 0.0556. The molecule has 3 aromatic rings. The van der Waals surface area contributed by atoms with Gasteiger partial charge in [0.05, 0.1) is 17.8 Å². The first kappa shape index (κ1) is 18.0. The molecule has 0 aliphatic rings. The third kappa shape index (κ3) is 4.41. The summed E-state index contributed by atoms with van der Waals surface area (Å²) in [6.45, 7) is 0. The highest BCUT2D eigenvalue weighted by Gasteiger charge is 2.08. The van der Waals surface area contributed by atoms with E-state index in [1.807, 2.05) is 0 Å². The number of anilines is 3. The molecule has 2 N–H and O–H groups in total. The van der Waals surface area contributed by atoms with Crippen LogP contribution in [0.1, 0.15) is 10.4 Å². The molecule has 1 aromatic heterocycles. The van der Waals surface area contributed by atoms with Crippen LogP contribution in [0.25, 0.3) is 0 Å². The Balaban J connectivity index is 1.67. The van der Waals surface area contributed by atoms with Gasteiger partial charge in [-0.15, -0.1) is 10.2 Å². The van der Waals surface area contributed by atoms with Crippen molar-refractivity contribution >= 4 is 46.4 Å². The summed E-state index contributed by atoms with van der Waals surface area (Å²) in [5, 5.41) is 14.8. The van der Waals surface area contributed by atoms with E-state index >= 15 is 0 Å². The molecule has 0 aliphatic heterocycles. The first-order chi connectivity index (χ1) is 12.5. The quantitative estimate of drug-likeness (QED) is 0.656. The number of carbonyl (C=O) groups is 1. The van der Waals surface area contributed by atoms with Gasteiger partial charge in [0, 0.05) is 10.6 Å². The third-order valence-corrected chi connectivity index (χ3v) is 4.01. The van der Waals surface area contributed by atoms with E-state index in [1.54, 1.807) is 61.7 Å². The van der Waals surface area contributed by atoms with Crippen molar-refractivity contribution in [3.05, 3.63) is 70.2 Å². The topological polar surface area (TPSA) is 76.1 Å². The van der Waals surface area contributed by atoms with Gasteiger partial charge in [-0.1, -0.05) is 23.2 Å². The first-order valence-electron chi connectivity index (χ1n) is 7.56. The van der Waals surface area contributed by atoms with Crippen molar-refractivity contribution < 1.29 is 9.53 Å². The Hall–Kier alpha value is -2.83.